The van der Waals surface area contributed by atoms with Gasteiger partial charge in [-0.25, -0.2) is 0 Å². The Labute approximate surface area is 165 Å². The van der Waals surface area contributed by atoms with E-state index in [1.807, 2.05) is 30.3 Å². The van der Waals surface area contributed by atoms with Crippen molar-refractivity contribution < 1.29 is 14.6 Å². The van der Waals surface area contributed by atoms with Crippen molar-refractivity contribution in [3.8, 4) is 22.6 Å². The molecule has 0 radical (unpaired) electrons. The fourth-order valence-corrected chi connectivity index (χ4v) is 3.92. The van der Waals surface area contributed by atoms with E-state index < -0.39 is 6.10 Å². The first-order chi connectivity index (χ1) is 13.1. The number of aliphatic hydroxyl groups excluding tert-OH is 1. The molecule has 2 aliphatic rings. The maximum atomic E-state index is 10.7. The van der Waals surface area contributed by atoms with Crippen LogP contribution in [0.2, 0.25) is 10.0 Å². The number of nitrogens with zero attached hydrogens (tertiary/aromatic N) is 1. The SMILES string of the molecule is OC1c2cc(Cl)ccc2-c2c(N=Cc3ccc4c(c3)OCO4)cc(Cl)cc21. The number of aliphatic hydroxyl groups is 1. The summed E-state index contributed by atoms with van der Waals surface area (Å²) >= 11 is 12.4. The third kappa shape index (κ3) is 2.77. The summed E-state index contributed by atoms with van der Waals surface area (Å²) < 4.78 is 10.7. The van der Waals surface area contributed by atoms with E-state index in [0.29, 0.717) is 21.5 Å². The molecule has 0 saturated heterocycles. The van der Waals surface area contributed by atoms with E-state index >= 15 is 0 Å². The number of aliphatic imine (C=N–C) groups is 1. The van der Waals surface area contributed by atoms with Gasteiger partial charge in [0.05, 0.1) is 5.69 Å². The van der Waals surface area contributed by atoms with Gasteiger partial charge in [-0.2, -0.15) is 0 Å². The molecule has 4 nitrogen and oxygen atoms in total. The van der Waals surface area contributed by atoms with E-state index in [9.17, 15) is 5.11 Å². The van der Waals surface area contributed by atoms with E-state index in [1.54, 1.807) is 24.4 Å². The van der Waals surface area contributed by atoms with Gasteiger partial charge in [0.15, 0.2) is 11.5 Å². The highest BCUT2D eigenvalue weighted by Gasteiger charge is 2.30. The smallest absolute Gasteiger partial charge is 0.231 e. The highest BCUT2D eigenvalue weighted by atomic mass is 35.5. The van der Waals surface area contributed by atoms with E-state index in [-0.39, 0.29) is 6.79 Å². The van der Waals surface area contributed by atoms with Crippen LogP contribution in [0.4, 0.5) is 5.69 Å². The summed E-state index contributed by atoms with van der Waals surface area (Å²) in [6, 6.07) is 14.7. The number of hydrogen-bond donors (Lipinski definition) is 1. The molecule has 0 spiro atoms. The molecular formula is C21H13Cl2NO3. The first kappa shape index (κ1) is 16.6. The molecule has 5 rings (SSSR count). The molecule has 27 heavy (non-hydrogen) atoms. The Morgan fingerprint density at radius 1 is 0.926 bits per heavy atom. The fourth-order valence-electron chi connectivity index (χ4n) is 3.52. The molecule has 3 aromatic carbocycles. The van der Waals surface area contributed by atoms with Crippen molar-refractivity contribution in [2.75, 3.05) is 6.79 Å². The Kier molecular flexibility index (Phi) is 3.86. The molecule has 1 heterocycles. The number of ether oxygens (including phenoxy) is 2. The first-order valence-electron chi connectivity index (χ1n) is 8.35. The fraction of sp³-hybridized carbons (Fsp3) is 0.0952. The average Bonchev–Trinajstić information content (AvgIpc) is 3.23. The summed E-state index contributed by atoms with van der Waals surface area (Å²) in [7, 11) is 0. The minimum absolute atomic E-state index is 0.231. The molecule has 0 bridgehead atoms. The van der Waals surface area contributed by atoms with Crippen LogP contribution in [0.5, 0.6) is 11.5 Å². The topological polar surface area (TPSA) is 51.1 Å². The van der Waals surface area contributed by atoms with Gasteiger partial charge in [-0.05, 0) is 64.7 Å². The zero-order valence-electron chi connectivity index (χ0n) is 13.9. The third-order valence-electron chi connectivity index (χ3n) is 4.73. The maximum Gasteiger partial charge on any atom is 0.231 e. The second kappa shape index (κ2) is 6.27. The summed E-state index contributed by atoms with van der Waals surface area (Å²) in [5.41, 5.74) is 4.85. The predicted octanol–water partition coefficient (Wildman–Crippen LogP) is 5.53. The minimum Gasteiger partial charge on any atom is -0.454 e. The van der Waals surface area contributed by atoms with E-state index in [4.69, 9.17) is 32.7 Å². The van der Waals surface area contributed by atoms with E-state index in [0.717, 1.165) is 33.6 Å². The third-order valence-corrected chi connectivity index (χ3v) is 5.19. The van der Waals surface area contributed by atoms with Gasteiger partial charge in [-0.1, -0.05) is 29.3 Å². The molecule has 1 aliphatic carbocycles. The molecule has 0 saturated carbocycles. The van der Waals surface area contributed by atoms with Crippen molar-refractivity contribution in [3.63, 3.8) is 0 Å². The van der Waals surface area contributed by atoms with Crippen molar-refractivity contribution in [3.05, 3.63) is 75.3 Å². The van der Waals surface area contributed by atoms with Gasteiger partial charge in [0.2, 0.25) is 6.79 Å². The van der Waals surface area contributed by atoms with Crippen molar-refractivity contribution >= 4 is 35.1 Å². The van der Waals surface area contributed by atoms with Crippen molar-refractivity contribution in [2.24, 2.45) is 4.99 Å². The molecule has 1 atom stereocenters. The van der Waals surface area contributed by atoms with Crippen LogP contribution < -0.4 is 9.47 Å². The van der Waals surface area contributed by atoms with Gasteiger partial charge in [-0.15, -0.1) is 0 Å². The van der Waals surface area contributed by atoms with Crippen LogP contribution in [0, 0.1) is 0 Å². The molecule has 3 aromatic rings. The van der Waals surface area contributed by atoms with Crippen molar-refractivity contribution in [2.45, 2.75) is 6.10 Å². The molecule has 134 valence electrons. The zero-order valence-corrected chi connectivity index (χ0v) is 15.5. The van der Waals surface area contributed by atoms with Gasteiger partial charge in [-0.3, -0.25) is 4.99 Å². The lowest BCUT2D eigenvalue weighted by Gasteiger charge is -2.08. The largest absolute Gasteiger partial charge is 0.454 e. The van der Waals surface area contributed by atoms with Crippen LogP contribution in [-0.2, 0) is 0 Å². The molecule has 0 amide bonds. The van der Waals surface area contributed by atoms with Crippen LogP contribution >= 0.6 is 23.2 Å². The quantitative estimate of drug-likeness (QED) is 0.577. The first-order valence-corrected chi connectivity index (χ1v) is 9.11. The number of halogens is 2. The van der Waals surface area contributed by atoms with Crippen LogP contribution in [0.25, 0.3) is 11.1 Å². The maximum absolute atomic E-state index is 10.7. The highest BCUT2D eigenvalue weighted by Crippen LogP contribution is 2.49. The molecule has 6 heteroatoms. The Balaban J connectivity index is 1.60. The summed E-state index contributed by atoms with van der Waals surface area (Å²) in [6.07, 6.45) is 0.973. The number of hydrogen-bond acceptors (Lipinski definition) is 4. The number of benzene rings is 3. The molecule has 0 fully saturated rings. The van der Waals surface area contributed by atoms with E-state index in [1.165, 1.54) is 0 Å². The van der Waals surface area contributed by atoms with Crippen LogP contribution in [-0.4, -0.2) is 18.1 Å². The van der Waals surface area contributed by atoms with Crippen molar-refractivity contribution in [1.29, 1.82) is 0 Å². The summed E-state index contributed by atoms with van der Waals surface area (Å²) in [6.45, 7) is 0.231. The van der Waals surface area contributed by atoms with Gasteiger partial charge < -0.3 is 14.6 Å². The van der Waals surface area contributed by atoms with Gasteiger partial charge in [0.1, 0.15) is 6.10 Å². The number of fused-ring (bicyclic) bond motifs is 4. The monoisotopic (exact) mass is 397 g/mol. The standard InChI is InChI=1S/C21H13Cl2NO3/c22-12-2-3-14-15(6-12)21(25)16-7-13(23)8-17(20(14)16)24-9-11-1-4-18-19(5-11)27-10-26-18/h1-9,21,25H,10H2. The Morgan fingerprint density at radius 3 is 2.63 bits per heavy atom. The Bertz CT molecular complexity index is 1110. The molecule has 1 aliphatic heterocycles. The van der Waals surface area contributed by atoms with E-state index in [2.05, 4.69) is 4.99 Å². The molecule has 1 N–H and O–H groups in total. The van der Waals surface area contributed by atoms with Gasteiger partial charge in [0, 0.05) is 21.8 Å². The zero-order chi connectivity index (χ0) is 18.5. The van der Waals surface area contributed by atoms with Crippen LogP contribution in [0.15, 0.2) is 53.5 Å². The summed E-state index contributed by atoms with van der Waals surface area (Å²) in [4.78, 5) is 4.64. The Morgan fingerprint density at radius 2 is 1.74 bits per heavy atom. The normalized spacial score (nSPS) is 16.6. The number of rotatable bonds is 2. The second-order valence-electron chi connectivity index (χ2n) is 6.39. The lowest BCUT2D eigenvalue weighted by atomic mass is 10.0. The van der Waals surface area contributed by atoms with Crippen LogP contribution in [0.3, 0.4) is 0 Å². The predicted molar refractivity (Wildman–Crippen MR) is 106 cm³/mol. The van der Waals surface area contributed by atoms with Crippen molar-refractivity contribution in [1.82, 2.24) is 0 Å². The molecule has 0 aromatic heterocycles. The molecule has 1 unspecified atom stereocenters. The minimum atomic E-state index is -0.771. The average molecular weight is 398 g/mol. The summed E-state index contributed by atoms with van der Waals surface area (Å²) in [5.74, 6) is 1.43. The highest BCUT2D eigenvalue weighted by molar-refractivity contribution is 6.31. The summed E-state index contributed by atoms with van der Waals surface area (Å²) in [5, 5.41) is 11.8. The molecular weight excluding hydrogens is 385 g/mol. The second-order valence-corrected chi connectivity index (χ2v) is 7.27. The Hall–Kier alpha value is -2.53. The lowest BCUT2D eigenvalue weighted by molar-refractivity contribution is 0.174. The van der Waals surface area contributed by atoms with Gasteiger partial charge in [0.25, 0.3) is 0 Å². The lowest BCUT2D eigenvalue weighted by Crippen LogP contribution is -1.93. The van der Waals surface area contributed by atoms with Gasteiger partial charge >= 0.3 is 0 Å². The van der Waals surface area contributed by atoms with Crippen LogP contribution in [0.1, 0.15) is 22.8 Å².